The third-order valence-corrected chi connectivity index (χ3v) is 5.59. The van der Waals surface area contributed by atoms with Gasteiger partial charge in [-0.05, 0) is 50.5 Å². The smallest absolute Gasteiger partial charge is 0.154 e. The maximum absolute atomic E-state index is 11.6. The highest BCUT2D eigenvalue weighted by atomic mass is 32.2. The van der Waals surface area contributed by atoms with Crippen LogP contribution in [-0.4, -0.2) is 32.5 Å². The summed E-state index contributed by atoms with van der Waals surface area (Å²) in [6.07, 6.45) is 0. The van der Waals surface area contributed by atoms with Crippen LogP contribution in [0.1, 0.15) is 23.6 Å². The second-order valence-electron chi connectivity index (χ2n) is 5.38. The summed E-state index contributed by atoms with van der Waals surface area (Å²) in [6, 6.07) is 4.42. The van der Waals surface area contributed by atoms with Crippen LogP contribution in [0.15, 0.2) is 12.1 Å². The van der Waals surface area contributed by atoms with Crippen molar-refractivity contribution in [3.63, 3.8) is 0 Å². The highest BCUT2D eigenvalue weighted by Gasteiger charge is 2.28. The summed E-state index contributed by atoms with van der Waals surface area (Å²) >= 11 is 0. The lowest BCUT2D eigenvalue weighted by atomic mass is 10.0. The molecular weight excluding hydrogens is 246 g/mol. The van der Waals surface area contributed by atoms with Crippen molar-refractivity contribution in [2.75, 3.05) is 23.0 Å². The summed E-state index contributed by atoms with van der Waals surface area (Å²) in [4.78, 5) is 2.23. The lowest BCUT2D eigenvalue weighted by Gasteiger charge is -2.36. The van der Waals surface area contributed by atoms with Gasteiger partial charge in [-0.3, -0.25) is 0 Å². The molecule has 1 unspecified atom stereocenters. The number of benzene rings is 1. The van der Waals surface area contributed by atoms with Gasteiger partial charge in [0, 0.05) is 18.3 Å². The number of sulfone groups is 1. The highest BCUT2D eigenvalue weighted by Crippen LogP contribution is 2.27. The molecule has 1 fully saturated rings. The van der Waals surface area contributed by atoms with Gasteiger partial charge in [0.2, 0.25) is 0 Å². The second-order valence-corrected chi connectivity index (χ2v) is 7.61. The first-order valence-electron chi connectivity index (χ1n) is 6.35. The number of nitrogens with zero attached hydrogens (tertiary/aromatic N) is 1. The summed E-state index contributed by atoms with van der Waals surface area (Å²) in [5, 5.41) is 0. The molecule has 0 saturated carbocycles. The maximum atomic E-state index is 11.6. The van der Waals surface area contributed by atoms with Gasteiger partial charge in [-0.1, -0.05) is 6.07 Å². The Hall–Kier alpha value is -1.03. The first-order valence-corrected chi connectivity index (χ1v) is 8.17. The molecular formula is C14H21NO2S. The molecule has 0 amide bonds. The van der Waals surface area contributed by atoms with Crippen LogP contribution in [-0.2, 0) is 9.84 Å². The Kier molecular flexibility index (Phi) is 3.41. The van der Waals surface area contributed by atoms with Crippen molar-refractivity contribution >= 4 is 15.5 Å². The molecule has 1 aromatic rings. The van der Waals surface area contributed by atoms with Crippen LogP contribution in [0, 0.1) is 20.8 Å². The Morgan fingerprint density at radius 3 is 2.33 bits per heavy atom. The van der Waals surface area contributed by atoms with Crippen molar-refractivity contribution in [3.8, 4) is 0 Å². The van der Waals surface area contributed by atoms with E-state index < -0.39 is 9.84 Å². The minimum absolute atomic E-state index is 0.0598. The molecule has 1 aromatic carbocycles. The summed E-state index contributed by atoms with van der Waals surface area (Å²) in [5.74, 6) is 0.531. The minimum Gasteiger partial charge on any atom is -0.367 e. The van der Waals surface area contributed by atoms with E-state index in [2.05, 4.69) is 37.8 Å². The van der Waals surface area contributed by atoms with Crippen molar-refractivity contribution < 1.29 is 8.42 Å². The topological polar surface area (TPSA) is 37.4 Å². The first-order chi connectivity index (χ1) is 8.30. The van der Waals surface area contributed by atoms with Crippen molar-refractivity contribution in [1.82, 2.24) is 0 Å². The van der Waals surface area contributed by atoms with E-state index in [-0.39, 0.29) is 17.5 Å². The zero-order valence-corrected chi connectivity index (χ0v) is 12.3. The van der Waals surface area contributed by atoms with Gasteiger partial charge in [0.05, 0.1) is 11.5 Å². The fourth-order valence-corrected chi connectivity index (χ4v) is 4.17. The Bertz CT molecular complexity index is 563. The Balaban J connectivity index is 2.36. The Morgan fingerprint density at radius 2 is 1.72 bits per heavy atom. The average molecular weight is 267 g/mol. The minimum atomic E-state index is -2.85. The Labute approximate surface area is 110 Å². The molecule has 18 heavy (non-hydrogen) atoms. The molecule has 2 rings (SSSR count). The quantitative estimate of drug-likeness (QED) is 0.783. The highest BCUT2D eigenvalue weighted by molar-refractivity contribution is 7.91. The molecule has 1 aliphatic heterocycles. The van der Waals surface area contributed by atoms with Gasteiger partial charge in [0.1, 0.15) is 0 Å². The third kappa shape index (κ3) is 2.53. The van der Waals surface area contributed by atoms with Crippen LogP contribution in [0.25, 0.3) is 0 Å². The number of aryl methyl sites for hydroxylation is 3. The van der Waals surface area contributed by atoms with Gasteiger partial charge in [0.25, 0.3) is 0 Å². The largest absolute Gasteiger partial charge is 0.367 e. The number of anilines is 1. The number of rotatable bonds is 1. The number of hydrogen-bond donors (Lipinski definition) is 0. The SMILES string of the molecule is Cc1cc(C)c(N2CCS(=O)(=O)CC2C)cc1C. The van der Waals surface area contributed by atoms with E-state index >= 15 is 0 Å². The molecule has 0 aliphatic carbocycles. The predicted octanol–water partition coefficient (Wildman–Crippen LogP) is 2.24. The van der Waals surface area contributed by atoms with E-state index in [1.165, 1.54) is 22.4 Å². The van der Waals surface area contributed by atoms with E-state index in [1.54, 1.807) is 0 Å². The van der Waals surface area contributed by atoms with E-state index in [1.807, 2.05) is 6.92 Å². The fraction of sp³-hybridized carbons (Fsp3) is 0.571. The van der Waals surface area contributed by atoms with Gasteiger partial charge < -0.3 is 4.90 Å². The van der Waals surface area contributed by atoms with Crippen molar-refractivity contribution in [1.29, 1.82) is 0 Å². The van der Waals surface area contributed by atoms with Crippen LogP contribution in [0.5, 0.6) is 0 Å². The molecule has 0 bridgehead atoms. The van der Waals surface area contributed by atoms with Crippen LogP contribution >= 0.6 is 0 Å². The monoisotopic (exact) mass is 267 g/mol. The van der Waals surface area contributed by atoms with E-state index in [0.717, 1.165) is 0 Å². The van der Waals surface area contributed by atoms with Crippen molar-refractivity contribution in [2.24, 2.45) is 0 Å². The zero-order chi connectivity index (χ0) is 13.5. The maximum Gasteiger partial charge on any atom is 0.154 e. The van der Waals surface area contributed by atoms with Crippen LogP contribution in [0.4, 0.5) is 5.69 Å². The molecule has 0 N–H and O–H groups in total. The molecule has 1 atom stereocenters. The molecule has 1 aliphatic rings. The van der Waals surface area contributed by atoms with Crippen LogP contribution < -0.4 is 4.90 Å². The van der Waals surface area contributed by atoms with Crippen molar-refractivity contribution in [3.05, 3.63) is 28.8 Å². The van der Waals surface area contributed by atoms with Crippen LogP contribution in [0.2, 0.25) is 0 Å². The molecule has 1 heterocycles. The summed E-state index contributed by atoms with van der Waals surface area (Å²) in [6.45, 7) is 8.90. The normalized spacial score (nSPS) is 23.1. The molecule has 0 aromatic heterocycles. The third-order valence-electron chi connectivity index (χ3n) is 3.79. The molecule has 4 heteroatoms. The van der Waals surface area contributed by atoms with Gasteiger partial charge >= 0.3 is 0 Å². The zero-order valence-electron chi connectivity index (χ0n) is 11.5. The van der Waals surface area contributed by atoms with E-state index in [0.29, 0.717) is 6.54 Å². The summed E-state index contributed by atoms with van der Waals surface area (Å²) in [7, 11) is -2.85. The lowest BCUT2D eigenvalue weighted by Crippen LogP contribution is -2.47. The van der Waals surface area contributed by atoms with E-state index in [4.69, 9.17) is 0 Å². The van der Waals surface area contributed by atoms with Crippen LogP contribution in [0.3, 0.4) is 0 Å². The first kappa shape index (κ1) is 13.4. The fourth-order valence-electron chi connectivity index (χ4n) is 2.61. The van der Waals surface area contributed by atoms with Crippen molar-refractivity contribution in [2.45, 2.75) is 33.7 Å². The summed E-state index contributed by atoms with van der Waals surface area (Å²) in [5.41, 5.74) is 4.95. The lowest BCUT2D eigenvalue weighted by molar-refractivity contribution is 0.568. The molecule has 0 radical (unpaired) electrons. The second kappa shape index (κ2) is 4.57. The summed E-state index contributed by atoms with van der Waals surface area (Å²) < 4.78 is 23.2. The average Bonchev–Trinajstić information content (AvgIpc) is 2.23. The Morgan fingerprint density at radius 1 is 1.11 bits per heavy atom. The molecule has 100 valence electrons. The standard InChI is InChI=1S/C14H21NO2S/c1-10-7-12(3)14(8-11(10)2)15-5-6-18(16,17)9-13(15)4/h7-8,13H,5-6,9H2,1-4H3. The molecule has 3 nitrogen and oxygen atoms in total. The molecule has 0 spiro atoms. The van der Waals surface area contributed by atoms with Gasteiger partial charge in [-0.2, -0.15) is 0 Å². The van der Waals surface area contributed by atoms with E-state index in [9.17, 15) is 8.42 Å². The van der Waals surface area contributed by atoms with Gasteiger partial charge in [0.15, 0.2) is 9.84 Å². The molecule has 1 saturated heterocycles. The predicted molar refractivity (Wildman–Crippen MR) is 76.1 cm³/mol. The number of hydrogen-bond acceptors (Lipinski definition) is 3. The van der Waals surface area contributed by atoms with Gasteiger partial charge in [-0.25, -0.2) is 8.42 Å². The van der Waals surface area contributed by atoms with Gasteiger partial charge in [-0.15, -0.1) is 0 Å².